The van der Waals surface area contributed by atoms with Crippen LogP contribution in [0.2, 0.25) is 0 Å². The third-order valence-electron chi connectivity index (χ3n) is 1.64. The number of hydrogen-bond donors (Lipinski definition) is 0. The molecule has 0 heterocycles. The van der Waals surface area contributed by atoms with E-state index in [0.717, 1.165) is 0 Å². The van der Waals surface area contributed by atoms with Gasteiger partial charge in [-0.2, -0.15) is 17.2 Å². The van der Waals surface area contributed by atoms with Crippen LogP contribution < -0.4 is 4.18 Å². The van der Waals surface area contributed by atoms with E-state index in [4.69, 9.17) is 0 Å². The molecular weight excluding hydrogens is 299 g/mol. The van der Waals surface area contributed by atoms with Crippen LogP contribution >= 0.6 is 0 Å². The first-order chi connectivity index (χ1) is 8.71. The van der Waals surface area contributed by atoms with Crippen LogP contribution in [-0.4, -0.2) is 15.0 Å². The zero-order chi connectivity index (χ0) is 14.8. The molecule has 104 valence electrons. The first-order valence-corrected chi connectivity index (χ1v) is 5.58. The van der Waals surface area contributed by atoms with Gasteiger partial charge in [-0.1, -0.05) is 5.92 Å². The highest BCUT2D eigenvalue weighted by Gasteiger charge is 2.30. The number of halogens is 5. The second-order valence-electron chi connectivity index (χ2n) is 2.86. The second-order valence-corrected chi connectivity index (χ2v) is 4.08. The van der Waals surface area contributed by atoms with Gasteiger partial charge in [0, 0.05) is 0 Å². The summed E-state index contributed by atoms with van der Waals surface area (Å²) in [6.07, 6.45) is 4.64. The summed E-state index contributed by atoms with van der Waals surface area (Å²) in [6.45, 7) is -0.849. The molecule has 0 aliphatic rings. The highest BCUT2D eigenvalue weighted by Crippen LogP contribution is 2.30. The average molecular weight is 302 g/mol. The van der Waals surface area contributed by atoms with Gasteiger partial charge in [0.15, 0.2) is 0 Å². The van der Waals surface area contributed by atoms with Gasteiger partial charge >= 0.3 is 10.4 Å². The lowest BCUT2D eigenvalue weighted by atomic mass is 10.3. The molecule has 4 nitrogen and oxygen atoms in total. The van der Waals surface area contributed by atoms with E-state index >= 15 is 0 Å². The van der Waals surface area contributed by atoms with E-state index in [9.17, 15) is 30.4 Å². The molecule has 0 aliphatic heterocycles. The number of benzene rings is 1. The largest absolute Gasteiger partial charge is 0.450 e. The Kier molecular flexibility index (Phi) is 4.33. The Morgan fingerprint density at radius 3 is 1.79 bits per heavy atom. The van der Waals surface area contributed by atoms with Crippen molar-refractivity contribution in [2.75, 3.05) is 6.61 Å². The predicted octanol–water partition coefficient (Wildman–Crippen LogP) is 1.66. The Bertz CT molecular complexity index is 621. The van der Waals surface area contributed by atoms with Gasteiger partial charge in [-0.25, -0.2) is 17.4 Å². The monoisotopic (exact) mass is 302 g/mol. The molecule has 1 rings (SSSR count). The van der Waals surface area contributed by atoms with E-state index in [1.807, 2.05) is 0 Å². The van der Waals surface area contributed by atoms with Gasteiger partial charge in [-0.3, -0.25) is 0 Å². The topological polar surface area (TPSA) is 52.6 Å². The van der Waals surface area contributed by atoms with Crippen LogP contribution in [0.5, 0.6) is 5.75 Å². The minimum atomic E-state index is -5.07. The summed E-state index contributed by atoms with van der Waals surface area (Å²) in [6, 6.07) is 0. The lowest BCUT2D eigenvalue weighted by Crippen LogP contribution is -2.17. The summed E-state index contributed by atoms with van der Waals surface area (Å²) in [5, 5.41) is 0. The van der Waals surface area contributed by atoms with E-state index in [0.29, 0.717) is 0 Å². The highest BCUT2D eigenvalue weighted by molar-refractivity contribution is 7.82. The molecule has 1 aromatic rings. The molecule has 0 saturated heterocycles. The van der Waals surface area contributed by atoms with Gasteiger partial charge in [-0.05, 0) is 0 Å². The number of rotatable bonds is 4. The summed E-state index contributed by atoms with van der Waals surface area (Å²) in [7, 11) is -5.07. The molecule has 0 aromatic heterocycles. The highest BCUT2D eigenvalue weighted by atomic mass is 32.3. The number of terminal acetylenes is 1. The molecule has 0 fully saturated rings. The molecule has 0 saturated carbocycles. The van der Waals surface area contributed by atoms with Crippen LogP contribution in [0.15, 0.2) is 0 Å². The molecule has 1 aromatic carbocycles. The average Bonchev–Trinajstić information content (AvgIpc) is 2.37. The van der Waals surface area contributed by atoms with Gasteiger partial charge in [0.1, 0.15) is 6.61 Å². The predicted molar refractivity (Wildman–Crippen MR) is 50.6 cm³/mol. The lowest BCUT2D eigenvalue weighted by Gasteiger charge is -2.08. The molecule has 0 N–H and O–H groups in total. The van der Waals surface area contributed by atoms with Crippen molar-refractivity contribution in [1.82, 2.24) is 0 Å². The zero-order valence-corrected chi connectivity index (χ0v) is 9.53. The maximum atomic E-state index is 13.0. The Labute approximate surface area is 104 Å². The summed E-state index contributed by atoms with van der Waals surface area (Å²) in [5.41, 5.74) is 0. The smallest absolute Gasteiger partial charge is 0.355 e. The van der Waals surface area contributed by atoms with E-state index < -0.39 is 51.8 Å². The minimum Gasteiger partial charge on any atom is -0.355 e. The maximum Gasteiger partial charge on any atom is 0.450 e. The third kappa shape index (κ3) is 3.12. The second kappa shape index (κ2) is 5.41. The van der Waals surface area contributed by atoms with Gasteiger partial charge in [0.2, 0.25) is 34.8 Å². The van der Waals surface area contributed by atoms with E-state index in [-0.39, 0.29) is 0 Å². The Balaban J connectivity index is 3.27. The molecule has 0 radical (unpaired) electrons. The van der Waals surface area contributed by atoms with Crippen LogP contribution in [0.3, 0.4) is 0 Å². The molecule has 19 heavy (non-hydrogen) atoms. The Morgan fingerprint density at radius 1 is 0.947 bits per heavy atom. The van der Waals surface area contributed by atoms with Crippen LogP contribution in [0.4, 0.5) is 22.0 Å². The van der Waals surface area contributed by atoms with E-state index in [1.165, 1.54) is 0 Å². The maximum absolute atomic E-state index is 13.0. The van der Waals surface area contributed by atoms with Crippen molar-refractivity contribution in [3.8, 4) is 18.1 Å². The minimum absolute atomic E-state index is 0.849. The third-order valence-corrected chi connectivity index (χ3v) is 2.42. The molecule has 10 heteroatoms. The first kappa shape index (κ1) is 15.2. The van der Waals surface area contributed by atoms with Crippen molar-refractivity contribution in [2.45, 2.75) is 0 Å². The fraction of sp³-hybridized carbons (Fsp3) is 0.111. The molecule has 0 unspecified atom stereocenters. The van der Waals surface area contributed by atoms with Crippen molar-refractivity contribution < 1.29 is 38.7 Å². The standard InChI is InChI=1S/C9H3F5O4S/c1-2-3-17-19(15,16)18-9-7(13)5(11)4(10)6(12)8(9)14/h1H,3H2. The first-order valence-electron chi connectivity index (χ1n) is 4.25. The fourth-order valence-electron chi connectivity index (χ4n) is 0.890. The SMILES string of the molecule is C#CCOS(=O)(=O)Oc1c(F)c(F)c(F)c(F)c1F. The van der Waals surface area contributed by atoms with Crippen molar-refractivity contribution >= 4 is 10.4 Å². The molecule has 0 spiro atoms. The fourth-order valence-corrected chi connectivity index (χ4v) is 1.50. The van der Waals surface area contributed by atoms with Crippen molar-refractivity contribution in [1.29, 1.82) is 0 Å². The quantitative estimate of drug-likeness (QED) is 0.367. The van der Waals surface area contributed by atoms with Gasteiger partial charge < -0.3 is 4.18 Å². The van der Waals surface area contributed by atoms with Crippen LogP contribution in [0.25, 0.3) is 0 Å². The normalized spacial score (nSPS) is 11.2. The molecule has 0 amide bonds. The Hall–Kier alpha value is -1.86. The van der Waals surface area contributed by atoms with Gasteiger partial charge in [-0.15, -0.1) is 6.42 Å². The summed E-state index contributed by atoms with van der Waals surface area (Å²) in [4.78, 5) is 0. The van der Waals surface area contributed by atoms with Crippen molar-refractivity contribution in [3.63, 3.8) is 0 Å². The molecule has 0 aliphatic carbocycles. The van der Waals surface area contributed by atoms with Crippen LogP contribution in [-0.2, 0) is 14.6 Å². The summed E-state index contributed by atoms with van der Waals surface area (Å²) in [5.74, 6) is -12.4. The van der Waals surface area contributed by atoms with Crippen molar-refractivity contribution in [3.05, 3.63) is 29.1 Å². The van der Waals surface area contributed by atoms with Gasteiger partial charge in [0.25, 0.3) is 0 Å². The zero-order valence-electron chi connectivity index (χ0n) is 8.72. The molecule has 0 bridgehead atoms. The summed E-state index contributed by atoms with van der Waals surface area (Å²) >= 11 is 0. The molecular formula is C9H3F5O4S. The van der Waals surface area contributed by atoms with E-state index in [2.05, 4.69) is 14.8 Å². The number of hydrogen-bond acceptors (Lipinski definition) is 4. The van der Waals surface area contributed by atoms with Gasteiger partial charge in [0.05, 0.1) is 0 Å². The molecule has 0 atom stereocenters. The Morgan fingerprint density at radius 2 is 1.37 bits per heavy atom. The van der Waals surface area contributed by atoms with Crippen molar-refractivity contribution in [2.24, 2.45) is 0 Å². The summed E-state index contributed by atoms with van der Waals surface area (Å²) < 4.78 is 93.6. The van der Waals surface area contributed by atoms with Crippen LogP contribution in [0.1, 0.15) is 0 Å². The van der Waals surface area contributed by atoms with Crippen LogP contribution in [0, 0.1) is 41.4 Å². The van der Waals surface area contributed by atoms with E-state index in [1.54, 1.807) is 5.92 Å². The lowest BCUT2D eigenvalue weighted by molar-refractivity contribution is 0.286.